The van der Waals surface area contributed by atoms with Crippen LogP contribution in [0, 0.1) is 6.92 Å². The van der Waals surface area contributed by atoms with Crippen molar-refractivity contribution in [2.24, 2.45) is 0 Å². The lowest BCUT2D eigenvalue weighted by atomic mass is 10.2. The molecule has 0 spiro atoms. The number of rotatable bonds is 2. The topological polar surface area (TPSA) is 29.0 Å². The number of likely N-dealkylation sites (tertiary alicyclic amines) is 1. The maximum absolute atomic E-state index is 4.21. The molecule has 2 rings (SSSR count). The lowest BCUT2D eigenvalue weighted by Crippen LogP contribution is -2.26. The highest BCUT2D eigenvalue weighted by Gasteiger charge is 2.19. The standard InChI is InChI=1S/C11H17N3.C2H6/c1-9-4-3-5-14(9)8-11-6-12-10(2)13-7-11;1-2/h6-7,9H,3-5,8H2,1-2H3;1-2H3/t9-;/m0./s1. The van der Waals surface area contributed by atoms with E-state index in [0.717, 1.165) is 18.4 Å². The SMILES string of the molecule is CC.Cc1ncc(CN2CCC[C@@H]2C)cn1. The second kappa shape index (κ2) is 6.59. The molecule has 1 aromatic rings. The van der Waals surface area contributed by atoms with E-state index in [1.165, 1.54) is 24.9 Å². The Hall–Kier alpha value is -0.960. The summed E-state index contributed by atoms with van der Waals surface area (Å²) in [7, 11) is 0. The largest absolute Gasteiger partial charge is 0.296 e. The van der Waals surface area contributed by atoms with Crippen molar-refractivity contribution >= 4 is 0 Å². The molecular formula is C13H23N3. The van der Waals surface area contributed by atoms with Gasteiger partial charge in [0.2, 0.25) is 0 Å². The molecule has 1 atom stereocenters. The third kappa shape index (κ3) is 3.56. The van der Waals surface area contributed by atoms with Gasteiger partial charge in [-0.25, -0.2) is 9.97 Å². The minimum Gasteiger partial charge on any atom is -0.296 e. The van der Waals surface area contributed by atoms with Crippen LogP contribution in [0.4, 0.5) is 0 Å². The van der Waals surface area contributed by atoms with Gasteiger partial charge in [-0.3, -0.25) is 4.90 Å². The van der Waals surface area contributed by atoms with Gasteiger partial charge in [-0.1, -0.05) is 13.8 Å². The number of aromatic nitrogens is 2. The fraction of sp³-hybridized carbons (Fsp3) is 0.692. The molecule has 0 aromatic carbocycles. The van der Waals surface area contributed by atoms with E-state index in [2.05, 4.69) is 21.8 Å². The Bertz CT molecular complexity index is 295. The Morgan fingerprint density at radius 1 is 1.31 bits per heavy atom. The average Bonchev–Trinajstić information content (AvgIpc) is 2.71. The molecule has 16 heavy (non-hydrogen) atoms. The molecule has 1 aromatic heterocycles. The van der Waals surface area contributed by atoms with Crippen molar-refractivity contribution < 1.29 is 0 Å². The van der Waals surface area contributed by atoms with Crippen LogP contribution in [-0.2, 0) is 6.54 Å². The van der Waals surface area contributed by atoms with Crippen LogP contribution < -0.4 is 0 Å². The molecule has 2 heterocycles. The minimum absolute atomic E-state index is 0.719. The summed E-state index contributed by atoms with van der Waals surface area (Å²) >= 11 is 0. The second-order valence-corrected chi connectivity index (χ2v) is 4.10. The van der Waals surface area contributed by atoms with E-state index >= 15 is 0 Å². The van der Waals surface area contributed by atoms with Gasteiger partial charge < -0.3 is 0 Å². The molecule has 3 heteroatoms. The molecule has 0 radical (unpaired) electrons. The van der Waals surface area contributed by atoms with Crippen LogP contribution in [0.5, 0.6) is 0 Å². The van der Waals surface area contributed by atoms with Crippen LogP contribution in [0.25, 0.3) is 0 Å². The van der Waals surface area contributed by atoms with Gasteiger partial charge in [0.15, 0.2) is 0 Å². The minimum atomic E-state index is 0.719. The Morgan fingerprint density at radius 3 is 2.44 bits per heavy atom. The summed E-state index contributed by atoms with van der Waals surface area (Å²) in [5.74, 6) is 0.850. The van der Waals surface area contributed by atoms with E-state index in [0.29, 0.717) is 0 Å². The summed E-state index contributed by atoms with van der Waals surface area (Å²) in [6.45, 7) is 10.4. The highest BCUT2D eigenvalue weighted by molar-refractivity contribution is 5.05. The van der Waals surface area contributed by atoms with Crippen molar-refractivity contribution in [2.75, 3.05) is 6.54 Å². The van der Waals surface area contributed by atoms with Gasteiger partial charge in [-0.2, -0.15) is 0 Å². The van der Waals surface area contributed by atoms with E-state index in [9.17, 15) is 0 Å². The van der Waals surface area contributed by atoms with Crippen LogP contribution in [0.3, 0.4) is 0 Å². The first-order valence-corrected chi connectivity index (χ1v) is 6.27. The number of nitrogens with zero attached hydrogens (tertiary/aromatic N) is 3. The molecule has 0 saturated carbocycles. The third-order valence-corrected chi connectivity index (χ3v) is 2.91. The summed E-state index contributed by atoms with van der Waals surface area (Å²) < 4.78 is 0. The molecule has 3 nitrogen and oxygen atoms in total. The number of hydrogen-bond acceptors (Lipinski definition) is 3. The zero-order chi connectivity index (χ0) is 12.0. The van der Waals surface area contributed by atoms with Crippen molar-refractivity contribution in [3.63, 3.8) is 0 Å². The zero-order valence-electron chi connectivity index (χ0n) is 10.9. The maximum atomic E-state index is 4.21. The van der Waals surface area contributed by atoms with Gasteiger partial charge >= 0.3 is 0 Å². The summed E-state index contributed by atoms with van der Waals surface area (Å²) in [5.41, 5.74) is 1.23. The van der Waals surface area contributed by atoms with Crippen molar-refractivity contribution in [2.45, 2.75) is 53.1 Å². The van der Waals surface area contributed by atoms with Gasteiger partial charge in [0.05, 0.1) is 0 Å². The normalized spacial score (nSPS) is 20.4. The summed E-state index contributed by atoms with van der Waals surface area (Å²) in [5, 5.41) is 0. The highest BCUT2D eigenvalue weighted by atomic mass is 15.2. The molecule has 1 fully saturated rings. The Balaban J connectivity index is 0.000000606. The summed E-state index contributed by atoms with van der Waals surface area (Å²) in [4.78, 5) is 10.9. The molecule has 1 aliphatic heterocycles. The molecular weight excluding hydrogens is 198 g/mol. The molecule has 0 bridgehead atoms. The summed E-state index contributed by atoms with van der Waals surface area (Å²) in [6, 6.07) is 0.719. The van der Waals surface area contributed by atoms with Crippen LogP contribution in [0.1, 0.15) is 45.0 Å². The quantitative estimate of drug-likeness (QED) is 0.769. The van der Waals surface area contributed by atoms with Crippen molar-refractivity contribution in [1.29, 1.82) is 0 Å². The Kier molecular flexibility index (Phi) is 5.39. The first-order chi connectivity index (χ1) is 7.75. The Labute approximate surface area is 98.9 Å². The molecule has 1 aliphatic rings. The van der Waals surface area contributed by atoms with Crippen molar-refractivity contribution in [3.8, 4) is 0 Å². The average molecular weight is 221 g/mol. The lowest BCUT2D eigenvalue weighted by molar-refractivity contribution is 0.260. The van der Waals surface area contributed by atoms with Gasteiger partial charge in [-0.05, 0) is 33.2 Å². The predicted octanol–water partition coefficient (Wildman–Crippen LogP) is 2.80. The van der Waals surface area contributed by atoms with Crippen molar-refractivity contribution in [1.82, 2.24) is 14.9 Å². The van der Waals surface area contributed by atoms with Crippen molar-refractivity contribution in [3.05, 3.63) is 23.8 Å². The second-order valence-electron chi connectivity index (χ2n) is 4.10. The Morgan fingerprint density at radius 2 is 1.94 bits per heavy atom. The monoisotopic (exact) mass is 221 g/mol. The summed E-state index contributed by atoms with van der Waals surface area (Å²) in [6.07, 6.45) is 6.53. The fourth-order valence-electron chi connectivity index (χ4n) is 1.96. The van der Waals surface area contributed by atoms with E-state index in [4.69, 9.17) is 0 Å². The van der Waals surface area contributed by atoms with Gasteiger partial charge in [0.1, 0.15) is 5.82 Å². The number of hydrogen-bond donors (Lipinski definition) is 0. The lowest BCUT2D eigenvalue weighted by Gasteiger charge is -2.20. The number of aryl methyl sites for hydroxylation is 1. The van der Waals surface area contributed by atoms with Crippen LogP contribution >= 0.6 is 0 Å². The van der Waals surface area contributed by atoms with Gasteiger partial charge in [0, 0.05) is 30.5 Å². The van der Waals surface area contributed by atoms with E-state index in [-0.39, 0.29) is 0 Å². The molecule has 1 saturated heterocycles. The predicted molar refractivity (Wildman–Crippen MR) is 67.2 cm³/mol. The molecule has 0 amide bonds. The first-order valence-electron chi connectivity index (χ1n) is 6.27. The van der Waals surface area contributed by atoms with Crippen LogP contribution in [0.2, 0.25) is 0 Å². The molecule has 0 aliphatic carbocycles. The fourth-order valence-corrected chi connectivity index (χ4v) is 1.96. The molecule has 0 N–H and O–H groups in total. The van der Waals surface area contributed by atoms with Crippen LogP contribution in [0.15, 0.2) is 12.4 Å². The zero-order valence-corrected chi connectivity index (χ0v) is 10.9. The van der Waals surface area contributed by atoms with E-state index < -0.39 is 0 Å². The van der Waals surface area contributed by atoms with Gasteiger partial charge in [0.25, 0.3) is 0 Å². The third-order valence-electron chi connectivity index (χ3n) is 2.91. The smallest absolute Gasteiger partial charge is 0.125 e. The van der Waals surface area contributed by atoms with E-state index in [1.54, 1.807) is 0 Å². The molecule has 90 valence electrons. The van der Waals surface area contributed by atoms with E-state index in [1.807, 2.05) is 33.2 Å². The first kappa shape index (κ1) is 13.1. The highest BCUT2D eigenvalue weighted by Crippen LogP contribution is 2.18. The maximum Gasteiger partial charge on any atom is 0.125 e. The van der Waals surface area contributed by atoms with Gasteiger partial charge in [-0.15, -0.1) is 0 Å². The molecule has 0 unspecified atom stereocenters. The van der Waals surface area contributed by atoms with Crippen LogP contribution in [-0.4, -0.2) is 27.5 Å².